The van der Waals surface area contributed by atoms with Crippen molar-refractivity contribution >= 4 is 15.9 Å². The van der Waals surface area contributed by atoms with Crippen LogP contribution in [0.15, 0.2) is 22.7 Å². The summed E-state index contributed by atoms with van der Waals surface area (Å²) in [4.78, 5) is 0. The maximum Gasteiger partial charge on any atom is 0.120 e. The lowest BCUT2D eigenvalue weighted by atomic mass is 9.71. The first-order valence-corrected chi connectivity index (χ1v) is 8.37. The monoisotopic (exact) mass is 339 g/mol. The van der Waals surface area contributed by atoms with Crippen molar-refractivity contribution in [1.29, 1.82) is 0 Å². The minimum atomic E-state index is 0.104. The Bertz CT molecular complexity index is 452. The van der Waals surface area contributed by atoms with Gasteiger partial charge in [-0.25, -0.2) is 0 Å². The number of hydrogen-bond donors (Lipinski definition) is 1. The molecule has 0 amide bonds. The number of rotatable bonds is 5. The summed E-state index contributed by atoms with van der Waals surface area (Å²) in [5, 5.41) is 0. The van der Waals surface area contributed by atoms with Crippen LogP contribution in [0.25, 0.3) is 0 Å². The van der Waals surface area contributed by atoms with E-state index in [-0.39, 0.29) is 11.5 Å². The van der Waals surface area contributed by atoms with E-state index in [0.29, 0.717) is 5.92 Å². The maximum absolute atomic E-state index is 6.71. The first-order chi connectivity index (χ1) is 9.48. The molecule has 0 spiro atoms. The van der Waals surface area contributed by atoms with Crippen molar-refractivity contribution in [2.24, 2.45) is 17.1 Å². The van der Waals surface area contributed by atoms with Gasteiger partial charge < -0.3 is 10.5 Å². The lowest BCUT2D eigenvalue weighted by molar-refractivity contribution is 0.183. The molecular formula is C17H26BrNO. The Balaban J connectivity index is 2.30. The summed E-state index contributed by atoms with van der Waals surface area (Å²) in [5.74, 6) is 1.56. The van der Waals surface area contributed by atoms with Crippen LogP contribution in [-0.4, -0.2) is 7.11 Å². The van der Waals surface area contributed by atoms with Gasteiger partial charge in [-0.3, -0.25) is 0 Å². The minimum absolute atomic E-state index is 0.104. The summed E-state index contributed by atoms with van der Waals surface area (Å²) in [7, 11) is 1.69. The zero-order chi connectivity index (χ0) is 14.8. The molecule has 2 rings (SSSR count). The van der Waals surface area contributed by atoms with Crippen molar-refractivity contribution < 1.29 is 4.74 Å². The molecule has 0 aliphatic heterocycles. The molecule has 0 bridgehead atoms. The molecule has 2 N–H and O–H groups in total. The zero-order valence-electron chi connectivity index (χ0n) is 12.8. The second-order valence-corrected chi connectivity index (χ2v) is 7.39. The van der Waals surface area contributed by atoms with Gasteiger partial charge in [0, 0.05) is 10.5 Å². The van der Waals surface area contributed by atoms with Gasteiger partial charge in [0.25, 0.3) is 0 Å². The number of nitrogens with two attached hydrogens (primary N) is 1. The summed E-state index contributed by atoms with van der Waals surface area (Å²) >= 11 is 3.67. The first-order valence-electron chi connectivity index (χ1n) is 7.57. The molecule has 1 saturated carbocycles. The fraction of sp³-hybridized carbons (Fsp3) is 0.647. The van der Waals surface area contributed by atoms with Gasteiger partial charge in [-0.05, 0) is 48.3 Å². The Hall–Kier alpha value is -0.540. The van der Waals surface area contributed by atoms with Crippen LogP contribution >= 0.6 is 15.9 Å². The lowest BCUT2D eigenvalue weighted by Crippen LogP contribution is -2.33. The highest BCUT2D eigenvalue weighted by atomic mass is 79.9. The lowest BCUT2D eigenvalue weighted by Gasteiger charge is -2.37. The number of benzene rings is 1. The van der Waals surface area contributed by atoms with Gasteiger partial charge in [-0.15, -0.1) is 0 Å². The van der Waals surface area contributed by atoms with Gasteiger partial charge in [0.2, 0.25) is 0 Å². The number of ether oxygens (including phenoxy) is 1. The number of methoxy groups -OCH3 is 1. The molecule has 1 aliphatic carbocycles. The molecule has 1 unspecified atom stereocenters. The van der Waals surface area contributed by atoms with E-state index >= 15 is 0 Å². The Labute approximate surface area is 131 Å². The van der Waals surface area contributed by atoms with Crippen LogP contribution in [0.3, 0.4) is 0 Å². The highest BCUT2D eigenvalue weighted by Crippen LogP contribution is 2.51. The summed E-state index contributed by atoms with van der Waals surface area (Å²) in [5.41, 5.74) is 8.19. The minimum Gasteiger partial charge on any atom is -0.497 e. The molecule has 1 aromatic carbocycles. The summed E-state index contributed by atoms with van der Waals surface area (Å²) < 4.78 is 6.34. The molecule has 1 aromatic rings. The van der Waals surface area contributed by atoms with E-state index < -0.39 is 0 Å². The fourth-order valence-electron chi connectivity index (χ4n) is 3.75. The average molecular weight is 340 g/mol. The normalized spacial score (nSPS) is 19.3. The average Bonchev–Trinajstić information content (AvgIpc) is 2.86. The third kappa shape index (κ3) is 3.20. The molecule has 20 heavy (non-hydrogen) atoms. The second kappa shape index (κ2) is 6.48. The van der Waals surface area contributed by atoms with Crippen LogP contribution in [0.4, 0.5) is 0 Å². The molecule has 0 radical (unpaired) electrons. The second-order valence-electron chi connectivity index (χ2n) is 6.53. The van der Waals surface area contributed by atoms with Gasteiger partial charge in [0.1, 0.15) is 5.75 Å². The molecule has 0 saturated heterocycles. The Morgan fingerprint density at radius 2 is 1.95 bits per heavy atom. The summed E-state index contributed by atoms with van der Waals surface area (Å²) in [6, 6.07) is 6.26. The van der Waals surface area contributed by atoms with Crippen molar-refractivity contribution in [3.05, 3.63) is 28.2 Å². The Morgan fingerprint density at radius 1 is 1.30 bits per heavy atom. The van der Waals surface area contributed by atoms with Gasteiger partial charge in [-0.2, -0.15) is 0 Å². The van der Waals surface area contributed by atoms with Crippen molar-refractivity contribution in [2.45, 2.75) is 52.0 Å². The van der Waals surface area contributed by atoms with Gasteiger partial charge in [-0.1, -0.05) is 48.7 Å². The van der Waals surface area contributed by atoms with Crippen molar-refractivity contribution in [2.75, 3.05) is 7.11 Å². The summed E-state index contributed by atoms with van der Waals surface area (Å²) in [6.45, 7) is 4.60. The fourth-order valence-corrected chi connectivity index (χ4v) is 4.36. The van der Waals surface area contributed by atoms with E-state index in [4.69, 9.17) is 10.5 Å². The zero-order valence-corrected chi connectivity index (χ0v) is 14.4. The molecule has 1 aliphatic rings. The predicted molar refractivity (Wildman–Crippen MR) is 88.0 cm³/mol. The van der Waals surface area contributed by atoms with Crippen LogP contribution in [0, 0.1) is 11.3 Å². The predicted octanol–water partition coefficient (Wildman–Crippen LogP) is 5.06. The molecule has 2 nitrogen and oxygen atoms in total. The van der Waals surface area contributed by atoms with Crippen molar-refractivity contribution in [1.82, 2.24) is 0 Å². The van der Waals surface area contributed by atoms with Gasteiger partial charge in [0.15, 0.2) is 0 Å². The molecule has 1 fully saturated rings. The van der Waals surface area contributed by atoms with Crippen molar-refractivity contribution in [3.8, 4) is 5.75 Å². The first kappa shape index (κ1) is 15.8. The molecule has 0 heterocycles. The van der Waals surface area contributed by atoms with Crippen LogP contribution in [0.5, 0.6) is 5.75 Å². The summed E-state index contributed by atoms with van der Waals surface area (Å²) in [6.07, 6.45) is 6.35. The molecule has 3 heteroatoms. The van der Waals surface area contributed by atoms with Gasteiger partial charge >= 0.3 is 0 Å². The van der Waals surface area contributed by atoms with E-state index in [1.54, 1.807) is 7.11 Å². The molecular weight excluding hydrogens is 314 g/mol. The smallest absolute Gasteiger partial charge is 0.120 e. The van der Waals surface area contributed by atoms with Crippen LogP contribution in [0.2, 0.25) is 0 Å². The third-order valence-electron chi connectivity index (χ3n) is 4.62. The molecule has 112 valence electrons. The van der Waals surface area contributed by atoms with E-state index in [0.717, 1.165) is 10.2 Å². The molecule has 1 atom stereocenters. The van der Waals surface area contributed by atoms with E-state index in [2.05, 4.69) is 35.8 Å². The largest absolute Gasteiger partial charge is 0.497 e. The Kier molecular flexibility index (Phi) is 5.14. The quantitative estimate of drug-likeness (QED) is 0.813. The van der Waals surface area contributed by atoms with Gasteiger partial charge in [0.05, 0.1) is 7.11 Å². The highest BCUT2D eigenvalue weighted by Gasteiger charge is 2.41. The number of halogens is 1. The van der Waals surface area contributed by atoms with Crippen LogP contribution in [0.1, 0.15) is 57.6 Å². The Morgan fingerprint density at radius 3 is 2.45 bits per heavy atom. The topological polar surface area (TPSA) is 35.2 Å². The molecule has 0 aromatic heterocycles. The third-order valence-corrected chi connectivity index (χ3v) is 5.30. The van der Waals surface area contributed by atoms with E-state index in [1.807, 2.05) is 12.1 Å². The highest BCUT2D eigenvalue weighted by molar-refractivity contribution is 9.10. The number of hydrogen-bond acceptors (Lipinski definition) is 2. The van der Waals surface area contributed by atoms with E-state index in [9.17, 15) is 0 Å². The SMILES string of the molecule is COc1ccc(C(N)C2(CC(C)C)CCCC2)c(Br)c1. The maximum atomic E-state index is 6.71. The van der Waals surface area contributed by atoms with E-state index in [1.165, 1.54) is 37.7 Å². The van der Waals surface area contributed by atoms with Crippen LogP contribution < -0.4 is 10.5 Å². The van der Waals surface area contributed by atoms with Crippen molar-refractivity contribution in [3.63, 3.8) is 0 Å². The van der Waals surface area contributed by atoms with Crippen LogP contribution in [-0.2, 0) is 0 Å². The standard InChI is InChI=1S/C17H26BrNO/c1-12(2)11-17(8-4-5-9-17)16(19)14-7-6-13(20-3)10-15(14)18/h6-7,10,12,16H,4-5,8-9,11,19H2,1-3H3.